The summed E-state index contributed by atoms with van der Waals surface area (Å²) in [6.45, 7) is 2.59. The van der Waals surface area contributed by atoms with Gasteiger partial charge in [-0.3, -0.25) is 0 Å². The predicted octanol–water partition coefficient (Wildman–Crippen LogP) is 1.04. The first-order valence-electron chi connectivity index (χ1n) is 8.99. The molecule has 0 amide bonds. The number of rotatable bonds is 8. The first-order valence-corrected chi connectivity index (χ1v) is 11.7. The van der Waals surface area contributed by atoms with E-state index in [4.69, 9.17) is 47.2 Å². The van der Waals surface area contributed by atoms with Gasteiger partial charge in [0.2, 0.25) is 0 Å². The Hall–Kier alpha value is 0.540. The molecular weight excluding hydrogens is 357 g/mol. The van der Waals surface area contributed by atoms with Crippen LogP contribution in [0.5, 0.6) is 0 Å². The molecule has 0 bridgehead atoms. The largest absolute Gasteiger partial charge is 0.383 e. The van der Waals surface area contributed by atoms with E-state index < -0.39 is 24.4 Å². The van der Waals surface area contributed by atoms with Crippen LogP contribution < -0.4 is 10.8 Å². The molecule has 10 heteroatoms. The molecule has 2 heterocycles. The first kappa shape index (κ1) is 21.8. The monoisotopic (exact) mass is 386 g/mol. The van der Waals surface area contributed by atoms with Crippen molar-refractivity contribution < 1.29 is 18.9 Å². The van der Waals surface area contributed by atoms with Crippen LogP contribution in [0.4, 0.5) is 0 Å². The molecule has 0 aliphatic carbocycles. The van der Waals surface area contributed by atoms with Gasteiger partial charge in [0.05, 0.1) is 6.10 Å². The summed E-state index contributed by atoms with van der Waals surface area (Å²) < 4.78 is 17.5. The predicted molar refractivity (Wildman–Crippen MR) is 104 cm³/mol. The fraction of sp³-hybridized carbons (Fsp3) is 1.00. The van der Waals surface area contributed by atoms with Crippen molar-refractivity contribution in [2.45, 2.75) is 94.8 Å². The smallest absolute Gasteiger partial charge is 0.259 e. The van der Waals surface area contributed by atoms with Gasteiger partial charge < -0.3 is 24.6 Å². The third-order valence-corrected chi connectivity index (χ3v) is 6.90. The van der Waals surface area contributed by atoms with Crippen molar-refractivity contribution in [2.24, 2.45) is 5.73 Å². The summed E-state index contributed by atoms with van der Waals surface area (Å²) in [5.41, 5.74) is 5.32. The molecule has 0 aromatic rings. The maximum atomic E-state index is 10.8. The normalized spacial score (nSPS) is 40.7. The molecule has 2 aliphatic rings. The van der Waals surface area contributed by atoms with E-state index in [1.54, 1.807) is 0 Å². The van der Waals surface area contributed by atoms with Crippen molar-refractivity contribution in [3.8, 4) is 0 Å². The lowest BCUT2D eigenvalue weighted by Gasteiger charge is -2.39. The Balaban J connectivity index is 2.06. The maximum Gasteiger partial charge on any atom is 0.259 e. The number of hydrogen-bond donors (Lipinski definition) is 3. The van der Waals surface area contributed by atoms with Gasteiger partial charge in [-0.25, -0.2) is 5.09 Å². The van der Waals surface area contributed by atoms with Crippen LogP contribution in [0.25, 0.3) is 0 Å². The molecule has 0 aromatic carbocycles. The van der Waals surface area contributed by atoms with Crippen LogP contribution in [0.15, 0.2) is 0 Å². The summed E-state index contributed by atoms with van der Waals surface area (Å²) >= 11 is 5.38. The Morgan fingerprint density at radius 3 is 2.48 bits per heavy atom. The molecule has 140 valence electrons. The quantitative estimate of drug-likeness (QED) is 0.425. The lowest BCUT2D eigenvalue weighted by Crippen LogP contribution is -2.50. The van der Waals surface area contributed by atoms with Crippen LogP contribution in [0.2, 0.25) is 0 Å². The van der Waals surface area contributed by atoms with E-state index in [0.717, 1.165) is 12.8 Å². The van der Waals surface area contributed by atoms with Gasteiger partial charge in [-0.2, -0.15) is 0 Å². The zero-order valence-corrected chi connectivity index (χ0v) is 17.0. The van der Waals surface area contributed by atoms with Gasteiger partial charge in [-0.15, -0.1) is 0 Å². The molecule has 4 radical (unpaired) electrons. The van der Waals surface area contributed by atoms with Crippen molar-refractivity contribution >= 4 is 34.1 Å². The number of nitrogens with two attached hydrogens (primary N) is 1. The van der Waals surface area contributed by atoms with Crippen LogP contribution in [0.1, 0.15) is 52.9 Å². The molecule has 0 aromatic heterocycles. The zero-order chi connectivity index (χ0) is 18.8. The minimum Gasteiger partial charge on any atom is -0.383 e. The highest BCUT2D eigenvalue weighted by molar-refractivity contribution is 8.08. The Bertz CT molecular complexity index is 506. The molecule has 4 N–H and O–H groups in total. The third kappa shape index (κ3) is 5.52. The second-order valence-corrected chi connectivity index (χ2v) is 10.2. The maximum absolute atomic E-state index is 10.8. The average molecular weight is 386 g/mol. The summed E-state index contributed by atoms with van der Waals surface area (Å²) in [7, 11) is 11.7. The van der Waals surface area contributed by atoms with E-state index in [-0.39, 0.29) is 24.2 Å². The van der Waals surface area contributed by atoms with Crippen LogP contribution >= 0.6 is 6.64 Å². The van der Waals surface area contributed by atoms with Crippen molar-refractivity contribution in [3.05, 3.63) is 0 Å². The lowest BCUT2D eigenvalue weighted by atomic mass is 9.89. The minimum absolute atomic E-state index is 0.0793. The van der Waals surface area contributed by atoms with E-state index in [1.165, 1.54) is 0 Å². The Labute approximate surface area is 159 Å². The van der Waals surface area contributed by atoms with Crippen molar-refractivity contribution in [1.29, 1.82) is 0 Å². The molecule has 2 saturated heterocycles. The molecule has 2 rings (SSSR count). The lowest BCUT2D eigenvalue weighted by molar-refractivity contribution is -0.0700. The van der Waals surface area contributed by atoms with Crippen LogP contribution in [-0.4, -0.2) is 62.5 Å². The van der Waals surface area contributed by atoms with Gasteiger partial charge in [0.25, 0.3) is 6.64 Å². The fourth-order valence-corrected chi connectivity index (χ4v) is 6.10. The number of ether oxygens (including phenoxy) is 2. The van der Waals surface area contributed by atoms with Crippen molar-refractivity contribution in [1.82, 2.24) is 5.09 Å². The Kier molecular flexibility index (Phi) is 7.60. The second kappa shape index (κ2) is 8.70. The number of hydrogen-bond acceptors (Lipinski definition) is 5. The summed E-state index contributed by atoms with van der Waals surface area (Å²) in [6.07, 6.45) is 3.02. The first-order chi connectivity index (χ1) is 11.6. The van der Waals surface area contributed by atoms with Crippen molar-refractivity contribution in [3.63, 3.8) is 0 Å². The van der Waals surface area contributed by atoms with E-state index in [2.05, 4.69) is 12.0 Å². The molecule has 2 aliphatic heterocycles. The van der Waals surface area contributed by atoms with Crippen LogP contribution in [0, 0.1) is 0 Å². The molecule has 6 nitrogen and oxygen atoms in total. The van der Waals surface area contributed by atoms with Crippen molar-refractivity contribution in [2.75, 3.05) is 0 Å². The fourth-order valence-electron chi connectivity index (χ4n) is 3.64. The van der Waals surface area contributed by atoms with Gasteiger partial charge in [0.15, 0.2) is 0 Å². The highest BCUT2D eigenvalue weighted by atomic mass is 32.5. The molecule has 8 atom stereocenters. The summed E-state index contributed by atoms with van der Waals surface area (Å²) in [6, 6.07) is -1.17. The average Bonchev–Trinajstić information content (AvgIpc) is 3.00. The van der Waals surface area contributed by atoms with Gasteiger partial charge in [-0.05, 0) is 44.4 Å². The van der Waals surface area contributed by atoms with Gasteiger partial charge in [0, 0.05) is 24.1 Å². The van der Waals surface area contributed by atoms with E-state index in [9.17, 15) is 4.89 Å². The van der Waals surface area contributed by atoms with Crippen LogP contribution in [0.3, 0.4) is 0 Å². The molecule has 2 fully saturated rings. The number of nitrogens with one attached hydrogen (secondary N) is 1. The molecule has 0 saturated carbocycles. The molecular formula is C15H29B2N2O4PS. The van der Waals surface area contributed by atoms with Gasteiger partial charge in [0.1, 0.15) is 27.4 Å². The van der Waals surface area contributed by atoms with E-state index >= 15 is 0 Å². The van der Waals surface area contributed by atoms with Gasteiger partial charge in [-0.1, -0.05) is 20.3 Å². The van der Waals surface area contributed by atoms with Gasteiger partial charge >= 0.3 is 0 Å². The van der Waals surface area contributed by atoms with Crippen LogP contribution in [-0.2, 0) is 25.8 Å². The zero-order valence-electron chi connectivity index (χ0n) is 15.3. The second-order valence-electron chi connectivity index (χ2n) is 7.25. The molecule has 0 spiro atoms. The minimum atomic E-state index is -3.29. The highest BCUT2D eigenvalue weighted by Crippen LogP contribution is 2.48. The summed E-state index contributed by atoms with van der Waals surface area (Å²) in [5.74, 6) is 0. The van der Waals surface area contributed by atoms with E-state index in [1.807, 2.05) is 13.8 Å². The topological polar surface area (TPSA) is 86.0 Å². The molecule has 25 heavy (non-hydrogen) atoms. The Morgan fingerprint density at radius 1 is 1.32 bits per heavy atom. The summed E-state index contributed by atoms with van der Waals surface area (Å²) in [4.78, 5) is 10.8. The Morgan fingerprint density at radius 2 is 1.96 bits per heavy atom. The highest BCUT2D eigenvalue weighted by Gasteiger charge is 2.47. The SMILES string of the molecule is [B][C@H]1C[C@@H](NP(O)(=S)OC(C)(CC)C2O[C@@H]([B])C[C@H]2N)C(CCC)O1. The standard InChI is InChI=1S/C15H29B2N2O4PS/c1-4-6-11-10(8-13(17)21-11)19-24(20,25)23-15(3,5-2)14-9(18)7-12(16)22-14/h9-14H,4-8,18H2,1-3H3,(H2,19,20,25)/t9-,10-,11?,12-,13-,14?,15?,24?/m1/s1. The molecule has 4 unspecified atom stereocenters. The summed E-state index contributed by atoms with van der Waals surface area (Å²) in [5, 5.41) is 3.09. The van der Waals surface area contributed by atoms with E-state index in [0.29, 0.717) is 19.3 Å². The third-order valence-electron chi connectivity index (χ3n) is 5.04.